The molecule has 0 unspecified atom stereocenters. The second-order valence-corrected chi connectivity index (χ2v) is 2.87. The number of hydrogen-bond donors (Lipinski definition) is 2. The van der Waals surface area contributed by atoms with E-state index < -0.39 is 0 Å². The Morgan fingerprint density at radius 1 is 1.36 bits per heavy atom. The number of nitrogens with zero attached hydrogens (tertiary/aromatic N) is 1. The molecule has 2 N–H and O–H groups in total. The van der Waals surface area contributed by atoms with Crippen molar-refractivity contribution in [2.75, 3.05) is 7.11 Å². The lowest BCUT2D eigenvalue weighted by Crippen LogP contribution is -1.84. The van der Waals surface area contributed by atoms with E-state index in [9.17, 15) is 5.11 Å². The van der Waals surface area contributed by atoms with Gasteiger partial charge >= 0.3 is 0 Å². The van der Waals surface area contributed by atoms with Crippen molar-refractivity contribution in [2.24, 2.45) is 0 Å². The molecule has 0 aliphatic heterocycles. The number of ether oxygens (including phenoxy) is 1. The van der Waals surface area contributed by atoms with Crippen molar-refractivity contribution in [2.45, 2.75) is 0 Å². The van der Waals surface area contributed by atoms with Gasteiger partial charge in [0, 0.05) is 11.8 Å². The third kappa shape index (κ3) is 1.42. The van der Waals surface area contributed by atoms with Crippen LogP contribution in [-0.4, -0.2) is 22.4 Å². The molecule has 14 heavy (non-hydrogen) atoms. The summed E-state index contributed by atoms with van der Waals surface area (Å²) in [5.74, 6) is 0.600. The molecule has 0 aliphatic carbocycles. The number of aromatic hydroxyl groups is 1. The van der Waals surface area contributed by atoms with Crippen molar-refractivity contribution in [1.82, 2.24) is 10.2 Å². The summed E-state index contributed by atoms with van der Waals surface area (Å²) in [4.78, 5) is 0. The zero-order chi connectivity index (χ0) is 9.97. The summed E-state index contributed by atoms with van der Waals surface area (Å²) in [6, 6.07) is 5.17. The second-order valence-electron chi connectivity index (χ2n) is 2.87. The number of benzene rings is 1. The van der Waals surface area contributed by atoms with Crippen molar-refractivity contribution in [3.63, 3.8) is 0 Å². The van der Waals surface area contributed by atoms with Crippen LogP contribution in [-0.2, 0) is 0 Å². The van der Waals surface area contributed by atoms with Gasteiger partial charge in [0.2, 0.25) is 0 Å². The lowest BCUT2D eigenvalue weighted by atomic mass is 10.1. The van der Waals surface area contributed by atoms with Gasteiger partial charge in [-0.2, -0.15) is 5.10 Å². The first-order chi connectivity index (χ1) is 6.81. The number of phenols is 1. The molecule has 1 heterocycles. The van der Waals surface area contributed by atoms with Crippen LogP contribution in [0.5, 0.6) is 11.5 Å². The lowest BCUT2D eigenvalue weighted by molar-refractivity contribution is 0.373. The second kappa shape index (κ2) is 3.41. The molecular formula is C10H10N2O2. The summed E-state index contributed by atoms with van der Waals surface area (Å²) in [6.45, 7) is 0. The molecule has 0 bridgehead atoms. The minimum Gasteiger partial charge on any atom is -0.504 e. The van der Waals surface area contributed by atoms with Gasteiger partial charge in [-0.25, -0.2) is 0 Å². The highest BCUT2D eigenvalue weighted by molar-refractivity contribution is 5.65. The van der Waals surface area contributed by atoms with Gasteiger partial charge in [0.25, 0.3) is 0 Å². The van der Waals surface area contributed by atoms with Gasteiger partial charge in [0.15, 0.2) is 11.5 Å². The third-order valence-electron chi connectivity index (χ3n) is 2.01. The number of aromatic nitrogens is 2. The minimum absolute atomic E-state index is 0.139. The van der Waals surface area contributed by atoms with Gasteiger partial charge in [0.05, 0.1) is 13.3 Å². The van der Waals surface area contributed by atoms with Crippen LogP contribution in [0.2, 0.25) is 0 Å². The van der Waals surface area contributed by atoms with Gasteiger partial charge in [-0.1, -0.05) is 6.07 Å². The molecule has 4 nitrogen and oxygen atoms in total. The fraction of sp³-hybridized carbons (Fsp3) is 0.100. The number of phenolic OH excluding ortho intramolecular Hbond substituents is 1. The van der Waals surface area contributed by atoms with Crippen molar-refractivity contribution in [3.05, 3.63) is 30.6 Å². The zero-order valence-corrected chi connectivity index (χ0v) is 7.69. The van der Waals surface area contributed by atoms with E-state index in [1.54, 1.807) is 24.5 Å². The summed E-state index contributed by atoms with van der Waals surface area (Å²) in [6.07, 6.45) is 3.50. The molecule has 1 aromatic heterocycles. The average Bonchev–Trinajstić information content (AvgIpc) is 2.71. The predicted molar refractivity (Wildman–Crippen MR) is 52.2 cm³/mol. The Morgan fingerprint density at radius 3 is 2.86 bits per heavy atom. The first kappa shape index (κ1) is 8.62. The molecule has 0 saturated heterocycles. The Balaban J connectivity index is 2.46. The van der Waals surface area contributed by atoms with E-state index in [-0.39, 0.29) is 5.75 Å². The van der Waals surface area contributed by atoms with E-state index >= 15 is 0 Å². The van der Waals surface area contributed by atoms with E-state index in [0.717, 1.165) is 11.1 Å². The molecule has 0 atom stereocenters. The summed E-state index contributed by atoms with van der Waals surface area (Å²) in [5, 5.41) is 16.0. The quantitative estimate of drug-likeness (QED) is 0.759. The van der Waals surface area contributed by atoms with Crippen LogP contribution in [0.3, 0.4) is 0 Å². The molecule has 0 aliphatic rings. The number of methoxy groups -OCH3 is 1. The Hall–Kier alpha value is -1.97. The molecule has 0 spiro atoms. The molecule has 1 aromatic carbocycles. The van der Waals surface area contributed by atoms with Crippen molar-refractivity contribution < 1.29 is 9.84 Å². The summed E-state index contributed by atoms with van der Waals surface area (Å²) in [7, 11) is 1.52. The van der Waals surface area contributed by atoms with Crippen LogP contribution < -0.4 is 4.74 Å². The van der Waals surface area contributed by atoms with Crippen LogP contribution in [0, 0.1) is 0 Å². The number of rotatable bonds is 2. The Morgan fingerprint density at radius 2 is 2.21 bits per heavy atom. The number of hydrogen-bond acceptors (Lipinski definition) is 3. The Labute approximate surface area is 81.2 Å². The number of aromatic amines is 1. The van der Waals surface area contributed by atoms with Crippen molar-refractivity contribution in [3.8, 4) is 22.6 Å². The molecule has 72 valence electrons. The maximum absolute atomic E-state index is 9.38. The van der Waals surface area contributed by atoms with Gasteiger partial charge < -0.3 is 9.84 Å². The standard InChI is InChI=1S/C10H10N2O2/c1-14-10-4-7(2-3-9(10)13)8-5-11-12-6-8/h2-6,13H,1H3,(H,11,12). The predicted octanol–water partition coefficient (Wildman–Crippen LogP) is 1.79. The van der Waals surface area contributed by atoms with E-state index in [4.69, 9.17) is 4.74 Å². The number of H-pyrrole nitrogens is 1. The van der Waals surface area contributed by atoms with Crippen LogP contribution in [0.15, 0.2) is 30.6 Å². The Kier molecular flexibility index (Phi) is 2.10. The minimum atomic E-state index is 0.139. The topological polar surface area (TPSA) is 58.1 Å². The fourth-order valence-electron chi connectivity index (χ4n) is 1.27. The van der Waals surface area contributed by atoms with Crippen LogP contribution >= 0.6 is 0 Å². The molecule has 0 amide bonds. The highest BCUT2D eigenvalue weighted by Crippen LogP contribution is 2.30. The normalized spacial score (nSPS) is 10.1. The van der Waals surface area contributed by atoms with Gasteiger partial charge in [-0.15, -0.1) is 0 Å². The largest absolute Gasteiger partial charge is 0.504 e. The fourth-order valence-corrected chi connectivity index (χ4v) is 1.27. The molecule has 0 radical (unpaired) electrons. The highest BCUT2D eigenvalue weighted by Gasteiger charge is 2.04. The maximum atomic E-state index is 9.38. The van der Waals surface area contributed by atoms with Gasteiger partial charge in [-0.3, -0.25) is 5.10 Å². The number of nitrogens with one attached hydrogen (secondary N) is 1. The van der Waals surface area contributed by atoms with E-state index in [0.29, 0.717) is 5.75 Å². The molecule has 0 saturated carbocycles. The smallest absolute Gasteiger partial charge is 0.161 e. The summed E-state index contributed by atoms with van der Waals surface area (Å²) >= 11 is 0. The van der Waals surface area contributed by atoms with Crippen LogP contribution in [0.1, 0.15) is 0 Å². The summed E-state index contributed by atoms with van der Waals surface area (Å²) in [5.41, 5.74) is 1.91. The van der Waals surface area contributed by atoms with E-state index in [1.165, 1.54) is 7.11 Å². The summed E-state index contributed by atoms with van der Waals surface area (Å²) < 4.78 is 5.00. The SMILES string of the molecule is COc1cc(-c2cn[nH]c2)ccc1O. The van der Waals surface area contributed by atoms with Gasteiger partial charge in [0.1, 0.15) is 0 Å². The van der Waals surface area contributed by atoms with E-state index in [2.05, 4.69) is 10.2 Å². The Bertz CT molecular complexity index is 424. The average molecular weight is 190 g/mol. The monoisotopic (exact) mass is 190 g/mol. The van der Waals surface area contributed by atoms with E-state index in [1.807, 2.05) is 6.07 Å². The molecule has 2 aromatic rings. The first-order valence-electron chi connectivity index (χ1n) is 4.17. The molecule has 4 heteroatoms. The van der Waals surface area contributed by atoms with Crippen LogP contribution in [0.25, 0.3) is 11.1 Å². The molecule has 0 fully saturated rings. The zero-order valence-electron chi connectivity index (χ0n) is 7.69. The lowest BCUT2D eigenvalue weighted by Gasteiger charge is -2.04. The first-order valence-corrected chi connectivity index (χ1v) is 4.17. The highest BCUT2D eigenvalue weighted by atomic mass is 16.5. The van der Waals surface area contributed by atoms with Crippen LogP contribution in [0.4, 0.5) is 0 Å². The maximum Gasteiger partial charge on any atom is 0.161 e. The van der Waals surface area contributed by atoms with Crippen molar-refractivity contribution in [1.29, 1.82) is 0 Å². The molecule has 2 rings (SSSR count). The van der Waals surface area contributed by atoms with Crippen molar-refractivity contribution >= 4 is 0 Å². The molecular weight excluding hydrogens is 180 g/mol. The van der Waals surface area contributed by atoms with Gasteiger partial charge in [-0.05, 0) is 17.7 Å². The third-order valence-corrected chi connectivity index (χ3v) is 2.01.